The number of nitrogens with one attached hydrogen (secondary N) is 1. The summed E-state index contributed by atoms with van der Waals surface area (Å²) >= 11 is 0. The Morgan fingerprint density at radius 3 is 2.48 bits per heavy atom. The van der Waals surface area contributed by atoms with E-state index in [0.29, 0.717) is 37.6 Å². The Labute approximate surface area is 276 Å². The molecular weight excluding hydrogens is 623 g/mol. The van der Waals surface area contributed by atoms with Crippen molar-refractivity contribution in [1.82, 2.24) is 25.0 Å². The van der Waals surface area contributed by atoms with Gasteiger partial charge in [-0.25, -0.2) is 13.2 Å². The van der Waals surface area contributed by atoms with Crippen LogP contribution in [-0.2, 0) is 11.3 Å². The smallest absolute Gasteiger partial charge is 0.254 e. The van der Waals surface area contributed by atoms with Gasteiger partial charge in [0.1, 0.15) is 29.3 Å². The van der Waals surface area contributed by atoms with Gasteiger partial charge in [0.2, 0.25) is 0 Å². The summed E-state index contributed by atoms with van der Waals surface area (Å²) < 4.78 is 57.5. The average molecular weight is 662 g/mol. The van der Waals surface area contributed by atoms with Crippen LogP contribution in [0.4, 0.5) is 13.2 Å². The molecule has 6 rings (SSSR count). The van der Waals surface area contributed by atoms with Crippen LogP contribution >= 0.6 is 0 Å². The molecule has 4 aromatic rings. The number of likely N-dealkylation sites (tertiary alicyclic amines) is 1. The number of piperidine rings is 1. The number of halogens is 3. The van der Waals surface area contributed by atoms with Gasteiger partial charge in [0.15, 0.2) is 0 Å². The molecule has 2 aromatic carbocycles. The average Bonchev–Trinajstić information content (AvgIpc) is 3.09. The van der Waals surface area contributed by atoms with Crippen molar-refractivity contribution in [2.45, 2.75) is 63.8 Å². The highest BCUT2D eigenvalue weighted by Crippen LogP contribution is 2.31. The van der Waals surface area contributed by atoms with Crippen LogP contribution in [0.15, 0.2) is 71.7 Å². The fourth-order valence-corrected chi connectivity index (χ4v) is 6.14. The molecule has 0 saturated carbocycles. The minimum Gasteiger partial charge on any atom is -0.457 e. The molecule has 0 radical (unpaired) electrons. The molecule has 2 saturated heterocycles. The summed E-state index contributed by atoms with van der Waals surface area (Å²) in [6.07, 6.45) is 1.75. The number of aromatic nitrogens is 3. The number of hydrogen-bond acceptors (Lipinski definition) is 7. The minimum atomic E-state index is -1.33. The maximum absolute atomic E-state index is 15.6. The van der Waals surface area contributed by atoms with E-state index < -0.39 is 35.3 Å². The summed E-state index contributed by atoms with van der Waals surface area (Å²) in [4.78, 5) is 27.9. The molecule has 4 heterocycles. The lowest BCUT2D eigenvalue weighted by Gasteiger charge is -2.41. The molecule has 2 aromatic heterocycles. The molecule has 12 heteroatoms. The summed E-state index contributed by atoms with van der Waals surface area (Å²) in [7, 11) is 0. The van der Waals surface area contributed by atoms with Crippen molar-refractivity contribution in [3.05, 3.63) is 106 Å². The van der Waals surface area contributed by atoms with Gasteiger partial charge in [-0.3, -0.25) is 14.5 Å². The molecule has 48 heavy (non-hydrogen) atoms. The first-order valence-corrected chi connectivity index (χ1v) is 16.2. The molecule has 2 aliphatic rings. The Bertz CT molecular complexity index is 1790. The molecule has 0 spiro atoms. The molecule has 1 N–H and O–H groups in total. The zero-order valence-corrected chi connectivity index (χ0v) is 26.9. The summed E-state index contributed by atoms with van der Waals surface area (Å²) in [5, 5.41) is 11.3. The number of benzene rings is 2. The quantitative estimate of drug-likeness (QED) is 0.240. The van der Waals surface area contributed by atoms with Gasteiger partial charge in [-0.2, -0.15) is 10.2 Å². The number of rotatable bonds is 9. The number of nitrogens with zero attached hydrogens (tertiary/aromatic N) is 4. The first kappa shape index (κ1) is 33.4. The Balaban J connectivity index is 1.23. The molecular formula is C36H38F3N5O4. The first-order chi connectivity index (χ1) is 23.1. The number of carbonyl (C=O) groups is 1. The van der Waals surface area contributed by atoms with Crippen molar-refractivity contribution >= 4 is 5.91 Å². The normalized spacial score (nSPS) is 19.0. The molecule has 2 atom stereocenters. The number of carbonyl (C=O) groups excluding carboxylic acids is 1. The van der Waals surface area contributed by atoms with Crippen molar-refractivity contribution in [2.75, 3.05) is 26.3 Å². The predicted molar refractivity (Wildman–Crippen MR) is 174 cm³/mol. The Hall–Kier alpha value is -4.55. The van der Waals surface area contributed by atoms with Gasteiger partial charge < -0.3 is 19.4 Å². The van der Waals surface area contributed by atoms with Gasteiger partial charge in [-0.15, -0.1) is 0 Å². The molecule has 1 amide bonds. The third kappa shape index (κ3) is 7.77. The van der Waals surface area contributed by atoms with Crippen LogP contribution < -0.4 is 15.6 Å². The second-order valence-electron chi connectivity index (χ2n) is 12.6. The van der Waals surface area contributed by atoms with E-state index >= 15 is 8.78 Å². The van der Waals surface area contributed by atoms with Crippen molar-refractivity contribution in [3.8, 4) is 22.8 Å². The van der Waals surface area contributed by atoms with Crippen LogP contribution in [-0.4, -0.2) is 70.1 Å². The number of amides is 1. The number of pyridine rings is 1. The van der Waals surface area contributed by atoms with E-state index in [2.05, 4.69) is 20.4 Å². The van der Waals surface area contributed by atoms with E-state index in [-0.39, 0.29) is 41.9 Å². The lowest BCUT2D eigenvalue weighted by atomic mass is 9.98. The maximum atomic E-state index is 15.6. The highest BCUT2D eigenvalue weighted by molar-refractivity contribution is 5.95. The maximum Gasteiger partial charge on any atom is 0.254 e. The monoisotopic (exact) mass is 661 g/mol. The van der Waals surface area contributed by atoms with Crippen LogP contribution in [0.5, 0.6) is 11.5 Å². The van der Waals surface area contributed by atoms with Gasteiger partial charge in [0.25, 0.3) is 11.5 Å². The van der Waals surface area contributed by atoms with Gasteiger partial charge >= 0.3 is 0 Å². The zero-order valence-electron chi connectivity index (χ0n) is 26.9. The van der Waals surface area contributed by atoms with Crippen molar-refractivity contribution in [3.63, 3.8) is 0 Å². The number of ether oxygens (including phenoxy) is 2. The minimum absolute atomic E-state index is 0.0812. The second kappa shape index (κ2) is 14.7. The topological polar surface area (TPSA) is 98.6 Å². The largest absolute Gasteiger partial charge is 0.457 e. The van der Waals surface area contributed by atoms with Gasteiger partial charge in [-0.1, -0.05) is 13.8 Å². The van der Waals surface area contributed by atoms with E-state index in [0.717, 1.165) is 53.1 Å². The van der Waals surface area contributed by atoms with E-state index in [9.17, 15) is 14.0 Å². The number of alkyl halides is 1. The van der Waals surface area contributed by atoms with E-state index in [1.165, 1.54) is 6.07 Å². The van der Waals surface area contributed by atoms with Gasteiger partial charge in [-0.05, 0) is 79.8 Å². The Kier molecular flexibility index (Phi) is 10.2. The number of hydrogen-bond donors (Lipinski definition) is 1. The van der Waals surface area contributed by atoms with Crippen LogP contribution in [0.25, 0.3) is 11.3 Å². The lowest BCUT2D eigenvalue weighted by Crippen LogP contribution is -2.55. The van der Waals surface area contributed by atoms with Crippen molar-refractivity contribution in [1.29, 1.82) is 0 Å². The summed E-state index contributed by atoms with van der Waals surface area (Å²) in [5.74, 6) is -1.61. The summed E-state index contributed by atoms with van der Waals surface area (Å²) in [6, 6.07) is 14.7. The van der Waals surface area contributed by atoms with E-state index in [4.69, 9.17) is 9.47 Å². The van der Waals surface area contributed by atoms with Crippen LogP contribution in [0.2, 0.25) is 0 Å². The molecule has 0 aliphatic carbocycles. The summed E-state index contributed by atoms with van der Waals surface area (Å²) in [5.41, 5.74) is 1.70. The SMILES string of the molecule is CC(C)c1ccc(-c2ccc(Oc3cc(C(=O)N[C@@H]4CCN(C5CCOCC5)C[C@@H]4F)c(F)cc3Cn3cc(F)ccc3=O)cc2)nn1. The van der Waals surface area contributed by atoms with Crippen LogP contribution in [0.3, 0.4) is 0 Å². The van der Waals surface area contributed by atoms with Crippen molar-refractivity contribution in [2.24, 2.45) is 0 Å². The van der Waals surface area contributed by atoms with Gasteiger partial charge in [0.05, 0.1) is 29.5 Å². The van der Waals surface area contributed by atoms with Crippen molar-refractivity contribution < 1.29 is 27.4 Å². The highest BCUT2D eigenvalue weighted by Gasteiger charge is 2.34. The Morgan fingerprint density at radius 1 is 1.02 bits per heavy atom. The second-order valence-corrected chi connectivity index (χ2v) is 12.6. The molecule has 9 nitrogen and oxygen atoms in total. The molecule has 2 aliphatic heterocycles. The predicted octanol–water partition coefficient (Wildman–Crippen LogP) is 5.87. The fourth-order valence-electron chi connectivity index (χ4n) is 6.14. The Morgan fingerprint density at radius 2 is 1.79 bits per heavy atom. The fraction of sp³-hybridized carbons (Fsp3) is 0.389. The lowest BCUT2D eigenvalue weighted by molar-refractivity contribution is 0.00512. The molecule has 2 fully saturated rings. The molecule has 252 valence electrons. The first-order valence-electron chi connectivity index (χ1n) is 16.2. The van der Waals surface area contributed by atoms with E-state index in [1.807, 2.05) is 26.0 Å². The zero-order chi connectivity index (χ0) is 33.8. The highest BCUT2D eigenvalue weighted by atomic mass is 19.1. The van der Waals surface area contributed by atoms with Crippen LogP contribution in [0, 0.1) is 11.6 Å². The third-order valence-corrected chi connectivity index (χ3v) is 8.93. The third-order valence-electron chi connectivity index (χ3n) is 8.93. The van der Waals surface area contributed by atoms with Crippen LogP contribution in [0.1, 0.15) is 60.6 Å². The standard InChI is InChI=1S/C36H38F3N5O4/c1-22(2)31-8-9-32(42-41-31)23-3-6-27(7-4-23)48-34-18-28(29(38)17-24(34)19-44-20-25(37)5-10-35(44)45)36(46)40-33-11-14-43(21-30(33)39)26-12-15-47-16-13-26/h3-10,17-18,20,22,26,30,33H,11-16,19,21H2,1-2H3,(H,40,46)/t30-,33+/m0/s1. The van der Waals surface area contributed by atoms with E-state index in [1.54, 1.807) is 24.3 Å². The molecule has 0 bridgehead atoms. The van der Waals surface area contributed by atoms with Gasteiger partial charge in [0, 0.05) is 55.7 Å². The molecule has 0 unspecified atom stereocenters. The summed E-state index contributed by atoms with van der Waals surface area (Å²) in [6.45, 7) is 5.93.